The summed E-state index contributed by atoms with van der Waals surface area (Å²) in [4.78, 5) is 4.68. The normalized spacial score (nSPS) is 18.1. The van der Waals surface area contributed by atoms with Gasteiger partial charge in [-0.1, -0.05) is 30.3 Å². The van der Waals surface area contributed by atoms with Gasteiger partial charge in [-0.3, -0.25) is 4.99 Å². The second-order valence-corrected chi connectivity index (χ2v) is 9.21. The van der Waals surface area contributed by atoms with Gasteiger partial charge in [0.1, 0.15) is 5.76 Å². The van der Waals surface area contributed by atoms with Crippen molar-refractivity contribution in [3.05, 3.63) is 60.1 Å². The molecule has 2 aromatic rings. The van der Waals surface area contributed by atoms with Crippen LogP contribution in [0.2, 0.25) is 0 Å². The maximum atomic E-state index is 12.0. The molecule has 2 N–H and O–H groups in total. The van der Waals surface area contributed by atoms with E-state index in [0.717, 1.165) is 38.0 Å². The number of nitrogens with one attached hydrogen (secondary N) is 2. The van der Waals surface area contributed by atoms with Gasteiger partial charge in [-0.25, -0.2) is 8.42 Å². The largest absolute Gasteiger partial charge is 0.469 e. The number of hydrogen-bond acceptors (Lipinski definition) is 4. The molecule has 29 heavy (non-hydrogen) atoms. The zero-order chi connectivity index (χ0) is 20.5. The third kappa shape index (κ3) is 6.90. The molecule has 1 saturated heterocycles. The third-order valence-electron chi connectivity index (χ3n) is 5.00. The molecule has 0 amide bonds. The minimum Gasteiger partial charge on any atom is -0.469 e. The Morgan fingerprint density at radius 3 is 2.59 bits per heavy atom. The third-order valence-corrected chi connectivity index (χ3v) is 6.33. The van der Waals surface area contributed by atoms with E-state index >= 15 is 0 Å². The lowest BCUT2D eigenvalue weighted by molar-refractivity contribution is 0.396. The van der Waals surface area contributed by atoms with Crippen LogP contribution in [-0.2, 0) is 22.9 Å². The van der Waals surface area contributed by atoms with Gasteiger partial charge in [0.05, 0.1) is 19.1 Å². The zero-order valence-electron chi connectivity index (χ0n) is 16.9. The molecular weight excluding hydrogens is 388 g/mol. The molecule has 3 rings (SSSR count). The predicted octanol–water partition coefficient (Wildman–Crippen LogP) is 2.02. The van der Waals surface area contributed by atoms with Crippen molar-refractivity contribution in [2.45, 2.75) is 31.7 Å². The van der Waals surface area contributed by atoms with E-state index in [1.54, 1.807) is 10.6 Å². The van der Waals surface area contributed by atoms with Gasteiger partial charge < -0.3 is 15.1 Å². The fraction of sp³-hybridized carbons (Fsp3) is 0.476. The van der Waals surface area contributed by atoms with Crippen molar-refractivity contribution in [3.63, 3.8) is 0 Å². The van der Waals surface area contributed by atoms with E-state index in [1.807, 2.05) is 30.3 Å². The number of nitrogens with zero attached hydrogens (tertiary/aromatic N) is 2. The van der Waals surface area contributed by atoms with Crippen LogP contribution in [0.1, 0.15) is 24.2 Å². The Labute approximate surface area is 173 Å². The predicted molar refractivity (Wildman–Crippen MR) is 115 cm³/mol. The Balaban J connectivity index is 1.56. The molecule has 8 heteroatoms. The summed E-state index contributed by atoms with van der Waals surface area (Å²) < 4.78 is 30.9. The van der Waals surface area contributed by atoms with Crippen molar-refractivity contribution < 1.29 is 12.8 Å². The molecule has 1 atom stereocenters. The fourth-order valence-electron chi connectivity index (χ4n) is 3.53. The Morgan fingerprint density at radius 1 is 1.14 bits per heavy atom. The number of aliphatic imine (C=N–C) groups is 1. The van der Waals surface area contributed by atoms with Crippen molar-refractivity contribution in [3.8, 4) is 0 Å². The smallest absolute Gasteiger partial charge is 0.211 e. The Morgan fingerprint density at radius 2 is 1.90 bits per heavy atom. The highest BCUT2D eigenvalue weighted by Crippen LogP contribution is 2.20. The maximum Gasteiger partial charge on any atom is 0.211 e. The maximum absolute atomic E-state index is 12.0. The average molecular weight is 419 g/mol. The summed E-state index contributed by atoms with van der Waals surface area (Å²) >= 11 is 0. The zero-order valence-corrected chi connectivity index (χ0v) is 17.7. The van der Waals surface area contributed by atoms with E-state index in [0.29, 0.717) is 25.6 Å². The molecule has 158 valence electrons. The van der Waals surface area contributed by atoms with Crippen molar-refractivity contribution in [2.75, 3.05) is 32.4 Å². The van der Waals surface area contributed by atoms with Crippen LogP contribution in [0.4, 0.5) is 0 Å². The van der Waals surface area contributed by atoms with Gasteiger partial charge in [-0.05, 0) is 37.0 Å². The van der Waals surface area contributed by atoms with Gasteiger partial charge in [0, 0.05) is 32.1 Å². The molecule has 0 saturated carbocycles. The fourth-order valence-corrected chi connectivity index (χ4v) is 4.70. The highest BCUT2D eigenvalue weighted by atomic mass is 32.2. The second kappa shape index (κ2) is 10.5. The van der Waals surface area contributed by atoms with Crippen LogP contribution in [-0.4, -0.2) is 57.2 Å². The lowest BCUT2D eigenvalue weighted by Crippen LogP contribution is -2.41. The first-order valence-corrected chi connectivity index (χ1v) is 11.9. The van der Waals surface area contributed by atoms with Crippen LogP contribution in [0, 0.1) is 0 Å². The van der Waals surface area contributed by atoms with E-state index in [9.17, 15) is 8.42 Å². The number of guanidine groups is 1. The number of sulfonamides is 1. The van der Waals surface area contributed by atoms with Crippen LogP contribution in [0.5, 0.6) is 0 Å². The van der Waals surface area contributed by atoms with Crippen LogP contribution in [0.3, 0.4) is 0 Å². The average Bonchev–Trinajstić information content (AvgIpc) is 3.38. The van der Waals surface area contributed by atoms with Crippen LogP contribution >= 0.6 is 0 Å². The van der Waals surface area contributed by atoms with E-state index in [1.165, 1.54) is 11.8 Å². The van der Waals surface area contributed by atoms with Crippen molar-refractivity contribution in [1.29, 1.82) is 0 Å². The highest BCUT2D eigenvalue weighted by Gasteiger charge is 2.31. The van der Waals surface area contributed by atoms with Crippen LogP contribution in [0.15, 0.2) is 58.1 Å². The summed E-state index contributed by atoms with van der Waals surface area (Å²) in [5.74, 6) is 1.62. The lowest BCUT2D eigenvalue weighted by Gasteiger charge is -2.21. The highest BCUT2D eigenvalue weighted by molar-refractivity contribution is 7.88. The molecule has 7 nitrogen and oxygen atoms in total. The Hall–Kier alpha value is -2.32. The SMILES string of the molecule is CS(=O)(=O)N1CCC[C@@H]1CN=C(NCCc1ccccc1)NCCc1ccco1. The molecule has 0 bridgehead atoms. The Bertz CT molecular complexity index is 867. The molecule has 1 fully saturated rings. The van der Waals surface area contributed by atoms with Crippen LogP contribution < -0.4 is 10.6 Å². The first kappa shape index (κ1) is 21.4. The van der Waals surface area contributed by atoms with E-state index in [2.05, 4.69) is 27.8 Å². The summed E-state index contributed by atoms with van der Waals surface area (Å²) in [6.45, 7) is 2.47. The van der Waals surface area contributed by atoms with Crippen LogP contribution in [0.25, 0.3) is 0 Å². The first-order chi connectivity index (χ1) is 14.0. The number of benzene rings is 1. The number of rotatable bonds is 9. The molecule has 0 aliphatic carbocycles. The van der Waals surface area contributed by atoms with Crippen molar-refractivity contribution >= 4 is 16.0 Å². The minimum atomic E-state index is -3.19. The monoisotopic (exact) mass is 418 g/mol. The van der Waals surface area contributed by atoms with E-state index < -0.39 is 10.0 Å². The molecule has 2 heterocycles. The summed E-state index contributed by atoms with van der Waals surface area (Å²) in [7, 11) is -3.19. The number of hydrogen-bond donors (Lipinski definition) is 2. The van der Waals surface area contributed by atoms with Crippen molar-refractivity contribution in [1.82, 2.24) is 14.9 Å². The molecule has 0 spiro atoms. The topological polar surface area (TPSA) is 86.9 Å². The molecule has 1 aromatic carbocycles. The quantitative estimate of drug-likeness (QED) is 0.481. The molecule has 1 aliphatic rings. The van der Waals surface area contributed by atoms with E-state index in [4.69, 9.17) is 4.42 Å². The Kier molecular flexibility index (Phi) is 7.71. The summed E-state index contributed by atoms with van der Waals surface area (Å²) in [6.07, 6.45) is 6.32. The molecule has 1 aliphatic heterocycles. The summed E-state index contributed by atoms with van der Waals surface area (Å²) in [5.41, 5.74) is 1.26. The standard InChI is InChI=1S/C21H30N4O3S/c1-29(26,27)25-15-5-9-19(25)17-24-21(23-14-12-20-10-6-16-28-20)22-13-11-18-7-3-2-4-8-18/h2-4,6-8,10,16,19H,5,9,11-15,17H2,1H3,(H2,22,23,24)/t19-/m1/s1. The van der Waals surface area contributed by atoms with E-state index in [-0.39, 0.29) is 6.04 Å². The van der Waals surface area contributed by atoms with Crippen molar-refractivity contribution in [2.24, 2.45) is 4.99 Å². The molecular formula is C21H30N4O3S. The van der Waals surface area contributed by atoms with Gasteiger partial charge in [0.25, 0.3) is 0 Å². The lowest BCUT2D eigenvalue weighted by atomic mass is 10.1. The van der Waals surface area contributed by atoms with Gasteiger partial charge in [0.2, 0.25) is 10.0 Å². The van der Waals surface area contributed by atoms with Gasteiger partial charge in [0.15, 0.2) is 5.96 Å². The molecule has 0 unspecified atom stereocenters. The van der Waals surface area contributed by atoms with Gasteiger partial charge >= 0.3 is 0 Å². The minimum absolute atomic E-state index is 0.0669. The molecule has 0 radical (unpaired) electrons. The second-order valence-electron chi connectivity index (χ2n) is 7.28. The summed E-state index contributed by atoms with van der Waals surface area (Å²) in [6, 6.07) is 14.0. The molecule has 1 aromatic heterocycles. The van der Waals surface area contributed by atoms with Gasteiger partial charge in [-0.15, -0.1) is 0 Å². The van der Waals surface area contributed by atoms with Gasteiger partial charge in [-0.2, -0.15) is 4.31 Å². The number of furan rings is 1. The summed E-state index contributed by atoms with van der Waals surface area (Å²) in [5, 5.41) is 6.70. The first-order valence-electron chi connectivity index (χ1n) is 10.1.